The van der Waals surface area contributed by atoms with Gasteiger partial charge in [0.15, 0.2) is 0 Å². The van der Waals surface area contributed by atoms with E-state index in [1.54, 1.807) is 7.11 Å². The minimum atomic E-state index is 0.275. The Balaban J connectivity index is 1.64. The summed E-state index contributed by atoms with van der Waals surface area (Å²) < 4.78 is 10.9. The van der Waals surface area contributed by atoms with Crippen LogP contribution < -0.4 is 5.32 Å². The van der Waals surface area contributed by atoms with Crippen molar-refractivity contribution in [2.24, 2.45) is 0 Å². The standard InChI is InChI=1S/C12H23NO2/c1-14-8-3-7-13-11-4-9-15-12(10-11)5-2-6-12/h11,13H,2-10H2,1H3. The highest BCUT2D eigenvalue weighted by atomic mass is 16.5. The van der Waals surface area contributed by atoms with Crippen molar-refractivity contribution in [1.82, 2.24) is 5.32 Å². The van der Waals surface area contributed by atoms with E-state index in [-0.39, 0.29) is 5.60 Å². The smallest absolute Gasteiger partial charge is 0.0697 e. The second kappa shape index (κ2) is 5.28. The molecule has 88 valence electrons. The van der Waals surface area contributed by atoms with Crippen molar-refractivity contribution in [3.63, 3.8) is 0 Å². The minimum absolute atomic E-state index is 0.275. The Labute approximate surface area is 92.5 Å². The van der Waals surface area contributed by atoms with E-state index in [0.29, 0.717) is 6.04 Å². The maximum Gasteiger partial charge on any atom is 0.0697 e. The Bertz CT molecular complexity index is 192. The normalized spacial score (nSPS) is 29.0. The van der Waals surface area contributed by atoms with Gasteiger partial charge in [-0.2, -0.15) is 0 Å². The number of hydrogen-bond acceptors (Lipinski definition) is 3. The molecule has 1 saturated heterocycles. The maximum atomic E-state index is 5.89. The lowest BCUT2D eigenvalue weighted by atomic mass is 9.74. The zero-order chi connectivity index (χ0) is 10.6. The summed E-state index contributed by atoms with van der Waals surface area (Å²) in [5.74, 6) is 0. The van der Waals surface area contributed by atoms with E-state index < -0.39 is 0 Å². The van der Waals surface area contributed by atoms with E-state index >= 15 is 0 Å². The number of nitrogens with one attached hydrogen (secondary N) is 1. The van der Waals surface area contributed by atoms with E-state index in [4.69, 9.17) is 9.47 Å². The monoisotopic (exact) mass is 213 g/mol. The first-order chi connectivity index (χ1) is 7.35. The van der Waals surface area contributed by atoms with Crippen molar-refractivity contribution in [2.75, 3.05) is 26.9 Å². The molecule has 0 aromatic rings. The molecule has 1 atom stereocenters. The van der Waals surface area contributed by atoms with Gasteiger partial charge in [0.25, 0.3) is 0 Å². The van der Waals surface area contributed by atoms with Crippen molar-refractivity contribution in [1.29, 1.82) is 0 Å². The van der Waals surface area contributed by atoms with E-state index in [1.807, 2.05) is 0 Å². The summed E-state index contributed by atoms with van der Waals surface area (Å²) in [5, 5.41) is 3.62. The van der Waals surface area contributed by atoms with Gasteiger partial charge in [0.05, 0.1) is 5.60 Å². The average molecular weight is 213 g/mol. The zero-order valence-electron chi connectivity index (χ0n) is 9.76. The number of hydrogen-bond donors (Lipinski definition) is 1. The van der Waals surface area contributed by atoms with Gasteiger partial charge in [-0.3, -0.25) is 0 Å². The molecule has 0 radical (unpaired) electrons. The van der Waals surface area contributed by atoms with Crippen LogP contribution in [0.25, 0.3) is 0 Å². The molecule has 1 heterocycles. The van der Waals surface area contributed by atoms with Crippen LogP contribution >= 0.6 is 0 Å². The number of methoxy groups -OCH3 is 1. The third-order valence-electron chi connectivity index (χ3n) is 3.72. The van der Waals surface area contributed by atoms with Gasteiger partial charge in [0.2, 0.25) is 0 Å². The van der Waals surface area contributed by atoms with E-state index in [2.05, 4.69) is 5.32 Å². The predicted octanol–water partition coefficient (Wildman–Crippen LogP) is 1.71. The quantitative estimate of drug-likeness (QED) is 0.705. The van der Waals surface area contributed by atoms with Crippen LogP contribution in [0.15, 0.2) is 0 Å². The molecule has 1 aliphatic carbocycles. The Morgan fingerprint density at radius 2 is 2.33 bits per heavy atom. The van der Waals surface area contributed by atoms with Gasteiger partial charge >= 0.3 is 0 Å². The first-order valence-electron chi connectivity index (χ1n) is 6.21. The average Bonchev–Trinajstić information content (AvgIpc) is 2.23. The summed E-state index contributed by atoms with van der Waals surface area (Å²) >= 11 is 0. The van der Waals surface area contributed by atoms with Crippen LogP contribution in [0.3, 0.4) is 0 Å². The maximum absolute atomic E-state index is 5.89. The lowest BCUT2D eigenvalue weighted by Gasteiger charge is -2.47. The van der Waals surface area contributed by atoms with Gasteiger partial charge in [-0.15, -0.1) is 0 Å². The summed E-state index contributed by atoms with van der Waals surface area (Å²) in [6.07, 6.45) is 7.43. The lowest BCUT2D eigenvalue weighted by molar-refractivity contribution is -0.135. The molecule has 0 amide bonds. The van der Waals surface area contributed by atoms with Crippen molar-refractivity contribution < 1.29 is 9.47 Å². The lowest BCUT2D eigenvalue weighted by Crippen LogP contribution is -2.51. The van der Waals surface area contributed by atoms with Gasteiger partial charge in [-0.25, -0.2) is 0 Å². The molecule has 1 N–H and O–H groups in total. The molecule has 1 saturated carbocycles. The summed E-state index contributed by atoms with van der Waals surface area (Å²) in [4.78, 5) is 0. The van der Waals surface area contributed by atoms with E-state index in [1.165, 1.54) is 32.1 Å². The van der Waals surface area contributed by atoms with E-state index in [0.717, 1.165) is 26.2 Å². The zero-order valence-corrected chi connectivity index (χ0v) is 9.76. The van der Waals surface area contributed by atoms with Gasteiger partial charge < -0.3 is 14.8 Å². The second-order valence-electron chi connectivity index (χ2n) is 4.88. The highest BCUT2D eigenvalue weighted by molar-refractivity contribution is 4.95. The topological polar surface area (TPSA) is 30.5 Å². The molecule has 15 heavy (non-hydrogen) atoms. The summed E-state index contributed by atoms with van der Waals surface area (Å²) in [5.41, 5.74) is 0.275. The van der Waals surface area contributed by atoms with Crippen LogP contribution in [-0.2, 0) is 9.47 Å². The third-order valence-corrected chi connectivity index (χ3v) is 3.72. The van der Waals surface area contributed by atoms with Crippen molar-refractivity contribution >= 4 is 0 Å². The van der Waals surface area contributed by atoms with Crippen molar-refractivity contribution in [2.45, 2.75) is 50.2 Å². The SMILES string of the molecule is COCCCNC1CCOC2(CCC2)C1. The van der Waals surface area contributed by atoms with Crippen molar-refractivity contribution in [3.8, 4) is 0 Å². The Hall–Kier alpha value is -0.120. The largest absolute Gasteiger partial charge is 0.385 e. The van der Waals surface area contributed by atoms with Gasteiger partial charge in [0, 0.05) is 26.4 Å². The molecular weight excluding hydrogens is 190 g/mol. The third kappa shape index (κ3) is 2.92. The fraction of sp³-hybridized carbons (Fsp3) is 1.00. The predicted molar refractivity (Wildman–Crippen MR) is 60.1 cm³/mol. The molecule has 3 nitrogen and oxygen atoms in total. The summed E-state index contributed by atoms with van der Waals surface area (Å²) in [6.45, 7) is 2.89. The molecule has 2 aliphatic rings. The summed E-state index contributed by atoms with van der Waals surface area (Å²) in [7, 11) is 1.76. The minimum Gasteiger partial charge on any atom is -0.385 e. The molecular formula is C12H23NO2. The molecule has 0 bridgehead atoms. The van der Waals surface area contributed by atoms with Gasteiger partial charge in [-0.1, -0.05) is 0 Å². The Kier molecular flexibility index (Phi) is 4.00. The Morgan fingerprint density at radius 1 is 1.47 bits per heavy atom. The van der Waals surface area contributed by atoms with Crippen LogP contribution in [0.5, 0.6) is 0 Å². The molecule has 0 aromatic carbocycles. The molecule has 1 spiro atoms. The first-order valence-corrected chi connectivity index (χ1v) is 6.21. The van der Waals surface area contributed by atoms with Crippen LogP contribution in [0, 0.1) is 0 Å². The number of rotatable bonds is 5. The van der Waals surface area contributed by atoms with Gasteiger partial charge in [0.1, 0.15) is 0 Å². The molecule has 1 aliphatic heterocycles. The van der Waals surface area contributed by atoms with Gasteiger partial charge in [-0.05, 0) is 45.1 Å². The molecule has 0 aromatic heterocycles. The fourth-order valence-corrected chi connectivity index (χ4v) is 2.64. The number of ether oxygens (including phenoxy) is 2. The highest BCUT2D eigenvalue weighted by Gasteiger charge is 2.42. The van der Waals surface area contributed by atoms with Crippen LogP contribution in [0.2, 0.25) is 0 Å². The molecule has 2 rings (SSSR count). The van der Waals surface area contributed by atoms with Crippen LogP contribution in [-0.4, -0.2) is 38.5 Å². The second-order valence-corrected chi connectivity index (χ2v) is 4.88. The first kappa shape index (κ1) is 11.4. The van der Waals surface area contributed by atoms with E-state index in [9.17, 15) is 0 Å². The fourth-order valence-electron chi connectivity index (χ4n) is 2.64. The summed E-state index contributed by atoms with van der Waals surface area (Å²) in [6, 6.07) is 0.677. The van der Waals surface area contributed by atoms with Crippen molar-refractivity contribution in [3.05, 3.63) is 0 Å². The van der Waals surface area contributed by atoms with Crippen LogP contribution in [0.4, 0.5) is 0 Å². The van der Waals surface area contributed by atoms with Crippen LogP contribution in [0.1, 0.15) is 38.5 Å². The molecule has 1 unspecified atom stereocenters. The highest BCUT2D eigenvalue weighted by Crippen LogP contribution is 2.42. The molecule has 2 fully saturated rings. The Morgan fingerprint density at radius 3 is 3.00 bits per heavy atom. The molecule has 3 heteroatoms.